The predicted octanol–water partition coefficient (Wildman–Crippen LogP) is 7.29. The summed E-state index contributed by atoms with van der Waals surface area (Å²) in [6.45, 7) is 3.72. The number of hydrogen-bond donors (Lipinski definition) is 3. The number of aromatic nitrogens is 3. The highest BCUT2D eigenvalue weighted by Crippen LogP contribution is 2.38. The van der Waals surface area contributed by atoms with Gasteiger partial charge in [-0.3, -0.25) is 19.6 Å². The fourth-order valence-corrected chi connectivity index (χ4v) is 7.52. The number of likely N-dealkylation sites (tertiary alicyclic amines) is 2. The molecule has 3 aromatic heterocycles. The first-order valence-electron chi connectivity index (χ1n) is 17.6. The van der Waals surface area contributed by atoms with E-state index in [0.29, 0.717) is 55.3 Å². The molecule has 0 spiro atoms. The molecule has 0 saturated carbocycles. The number of aliphatic hydroxyl groups is 1. The van der Waals surface area contributed by atoms with Crippen molar-refractivity contribution < 1.29 is 32.9 Å². The van der Waals surface area contributed by atoms with Crippen molar-refractivity contribution in [3.8, 4) is 28.3 Å². The summed E-state index contributed by atoms with van der Waals surface area (Å²) >= 11 is 0. The second kappa shape index (κ2) is 14.1. The molecule has 0 radical (unpaired) electrons. The van der Waals surface area contributed by atoms with Crippen molar-refractivity contribution in [3.05, 3.63) is 95.3 Å². The number of carboxylic acids is 1. The maximum absolute atomic E-state index is 13.5. The summed E-state index contributed by atoms with van der Waals surface area (Å²) in [5.41, 5.74) is 8.47. The first kappa shape index (κ1) is 34.6. The number of nitrogens with one attached hydrogen (secondary N) is 1. The molecule has 0 bridgehead atoms. The van der Waals surface area contributed by atoms with Crippen molar-refractivity contribution in [3.63, 3.8) is 0 Å². The summed E-state index contributed by atoms with van der Waals surface area (Å²) in [4.78, 5) is 29.9. The zero-order valence-corrected chi connectivity index (χ0v) is 29.2. The molecule has 53 heavy (non-hydrogen) atoms. The number of alkyl halides is 2. The van der Waals surface area contributed by atoms with E-state index in [0.717, 1.165) is 56.5 Å². The van der Waals surface area contributed by atoms with Crippen LogP contribution >= 0.6 is 0 Å². The Morgan fingerprint density at radius 2 is 1.79 bits per heavy atom. The summed E-state index contributed by atoms with van der Waals surface area (Å²) in [5, 5.41) is 23.8. The largest absolute Gasteiger partial charge is 0.480 e. The highest BCUT2D eigenvalue weighted by atomic mass is 19.3. The molecule has 6 aromatic rings. The van der Waals surface area contributed by atoms with E-state index in [1.165, 1.54) is 6.07 Å². The second-order valence-electron chi connectivity index (χ2n) is 13.8. The number of halogens is 2. The molecule has 1 atom stereocenters. The summed E-state index contributed by atoms with van der Waals surface area (Å²) in [7, 11) is 0. The molecule has 3 aromatic carbocycles. The third-order valence-electron chi connectivity index (χ3n) is 10.3. The number of fused-ring (bicyclic) bond motifs is 2. The van der Waals surface area contributed by atoms with Crippen LogP contribution in [0, 0.1) is 13.8 Å². The van der Waals surface area contributed by atoms with Crippen LogP contribution in [0.2, 0.25) is 0 Å². The van der Waals surface area contributed by atoms with Crippen molar-refractivity contribution in [1.82, 2.24) is 24.8 Å². The Labute approximate surface area is 303 Å². The average Bonchev–Trinajstić information content (AvgIpc) is 3.76. The second-order valence-corrected chi connectivity index (χ2v) is 13.8. The fourth-order valence-electron chi connectivity index (χ4n) is 7.52. The lowest BCUT2D eigenvalue weighted by molar-refractivity contribution is -0.142. The minimum absolute atomic E-state index is 0.0691. The number of carboxylic acid groups (broad SMARTS) is 1. The molecule has 3 N–H and O–H groups in total. The zero-order valence-electron chi connectivity index (χ0n) is 29.2. The van der Waals surface area contributed by atoms with Crippen LogP contribution in [0.25, 0.3) is 44.6 Å². The Kier molecular flexibility index (Phi) is 9.23. The van der Waals surface area contributed by atoms with Gasteiger partial charge in [0.15, 0.2) is 11.4 Å². The standard InChI is InChI=1S/C40H38F2N6O5/c1-22-28(29-7-4-9-31(23(29)2)45-37-36-25(11-12-43-37)14-24(17-44-36)18-47-20-27(49)21-47)6-3-8-30(22)38-46-32-15-26(19-48-13-5-10-33(48)39(50)51)34(53-40(41)42)16-35(32)52-38/h3-4,6-9,11-12,14-17,27,33,40,49H,5,10,13,18-21H2,1-2H3,(H,43,45)(H,50,51)/t33-/m0/s1. The van der Waals surface area contributed by atoms with E-state index in [1.54, 1.807) is 17.2 Å². The minimum Gasteiger partial charge on any atom is -0.480 e. The lowest BCUT2D eigenvalue weighted by Gasteiger charge is -2.35. The smallest absolute Gasteiger partial charge is 0.387 e. The van der Waals surface area contributed by atoms with Gasteiger partial charge in [0, 0.05) is 66.8 Å². The molecule has 5 heterocycles. The van der Waals surface area contributed by atoms with E-state index >= 15 is 0 Å². The molecular weight excluding hydrogens is 682 g/mol. The van der Waals surface area contributed by atoms with Gasteiger partial charge >= 0.3 is 12.6 Å². The summed E-state index contributed by atoms with van der Waals surface area (Å²) in [6.07, 6.45) is 4.57. The van der Waals surface area contributed by atoms with Gasteiger partial charge in [-0.05, 0) is 91.4 Å². The van der Waals surface area contributed by atoms with Crippen LogP contribution in [-0.4, -0.2) is 79.3 Å². The summed E-state index contributed by atoms with van der Waals surface area (Å²) < 4.78 is 38.0. The third-order valence-corrected chi connectivity index (χ3v) is 10.3. The Morgan fingerprint density at radius 1 is 1.02 bits per heavy atom. The number of nitrogens with zero attached hydrogens (tertiary/aromatic N) is 5. The van der Waals surface area contributed by atoms with Crippen LogP contribution in [0.4, 0.5) is 20.3 Å². The van der Waals surface area contributed by atoms with E-state index < -0.39 is 18.6 Å². The first-order valence-corrected chi connectivity index (χ1v) is 17.6. The van der Waals surface area contributed by atoms with Gasteiger partial charge in [0.05, 0.1) is 6.10 Å². The van der Waals surface area contributed by atoms with Crippen molar-refractivity contribution in [2.75, 3.05) is 25.0 Å². The van der Waals surface area contributed by atoms with Gasteiger partial charge < -0.3 is 24.7 Å². The molecule has 11 nitrogen and oxygen atoms in total. The number of aliphatic hydroxyl groups excluding tert-OH is 1. The number of hydrogen-bond acceptors (Lipinski definition) is 10. The molecule has 2 aliphatic rings. The van der Waals surface area contributed by atoms with Crippen molar-refractivity contribution >= 4 is 39.5 Å². The maximum Gasteiger partial charge on any atom is 0.387 e. The first-order chi connectivity index (χ1) is 25.6. The number of anilines is 2. The van der Waals surface area contributed by atoms with E-state index in [9.17, 15) is 23.8 Å². The number of ether oxygens (including phenoxy) is 1. The Morgan fingerprint density at radius 3 is 2.57 bits per heavy atom. The average molecular weight is 721 g/mol. The van der Waals surface area contributed by atoms with Gasteiger partial charge in [0.2, 0.25) is 5.89 Å². The SMILES string of the molecule is Cc1c(Nc2nccc3cc(CN4CC(O)C4)cnc23)cccc1-c1cccc(-c2nc3cc(CN4CCC[C@H]4C(=O)O)c(OC(F)F)cc3o2)c1C. The number of benzene rings is 3. The summed E-state index contributed by atoms with van der Waals surface area (Å²) in [5.74, 6) is -0.0389. The molecule has 2 saturated heterocycles. The molecule has 2 aliphatic heterocycles. The van der Waals surface area contributed by atoms with Gasteiger partial charge in [-0.2, -0.15) is 8.78 Å². The molecule has 0 unspecified atom stereocenters. The van der Waals surface area contributed by atoms with E-state index in [2.05, 4.69) is 27.3 Å². The van der Waals surface area contributed by atoms with Crippen LogP contribution < -0.4 is 10.1 Å². The molecule has 0 amide bonds. The highest BCUT2D eigenvalue weighted by Gasteiger charge is 2.31. The topological polar surface area (TPSA) is 137 Å². The van der Waals surface area contributed by atoms with Crippen molar-refractivity contribution in [1.29, 1.82) is 0 Å². The lowest BCUT2D eigenvalue weighted by Crippen LogP contribution is -2.49. The number of carbonyl (C=O) groups is 1. The fraction of sp³-hybridized carbons (Fsp3) is 0.300. The van der Waals surface area contributed by atoms with Crippen molar-refractivity contribution in [2.24, 2.45) is 0 Å². The van der Waals surface area contributed by atoms with Crippen LogP contribution in [0.1, 0.15) is 35.1 Å². The Balaban J connectivity index is 1.09. The monoisotopic (exact) mass is 720 g/mol. The van der Waals surface area contributed by atoms with Gasteiger partial charge in [-0.25, -0.2) is 9.97 Å². The quantitative estimate of drug-likeness (QED) is 0.124. The van der Waals surface area contributed by atoms with Crippen LogP contribution in [-0.2, 0) is 17.9 Å². The molecule has 8 rings (SSSR count). The molecular formula is C40H38F2N6O5. The van der Waals surface area contributed by atoms with Crippen molar-refractivity contribution in [2.45, 2.75) is 58.5 Å². The number of aliphatic carboxylic acids is 1. The normalized spacial score (nSPS) is 16.8. The van der Waals surface area contributed by atoms with E-state index in [1.807, 2.05) is 56.4 Å². The van der Waals surface area contributed by atoms with Crippen LogP contribution in [0.5, 0.6) is 5.75 Å². The van der Waals surface area contributed by atoms with E-state index in [-0.39, 0.29) is 24.0 Å². The maximum atomic E-state index is 13.5. The van der Waals surface area contributed by atoms with E-state index in [4.69, 9.17) is 19.1 Å². The van der Waals surface area contributed by atoms with Gasteiger partial charge in [0.25, 0.3) is 0 Å². The zero-order chi connectivity index (χ0) is 36.8. The number of pyridine rings is 2. The molecule has 272 valence electrons. The molecule has 13 heteroatoms. The third kappa shape index (κ3) is 6.90. The minimum atomic E-state index is -3.06. The Bertz CT molecular complexity index is 2340. The molecule has 2 fully saturated rings. The highest BCUT2D eigenvalue weighted by molar-refractivity contribution is 5.91. The number of β-amino-alcohol motifs (C(OH)–C–C–N with tert-alkyl or cyclic N) is 1. The predicted molar refractivity (Wildman–Crippen MR) is 196 cm³/mol. The van der Waals surface area contributed by atoms with Gasteiger partial charge in [-0.1, -0.05) is 24.3 Å². The van der Waals surface area contributed by atoms with Crippen LogP contribution in [0.15, 0.2) is 77.5 Å². The number of rotatable bonds is 11. The van der Waals surface area contributed by atoms with Crippen LogP contribution in [0.3, 0.4) is 0 Å². The lowest BCUT2D eigenvalue weighted by atomic mass is 9.93. The molecule has 0 aliphatic carbocycles. The van der Waals surface area contributed by atoms with Gasteiger partial charge in [-0.15, -0.1) is 0 Å². The Hall–Kier alpha value is -5.50. The van der Waals surface area contributed by atoms with Gasteiger partial charge in [0.1, 0.15) is 22.8 Å². The number of oxazole rings is 1. The summed E-state index contributed by atoms with van der Waals surface area (Å²) in [6, 6.07) is 18.3.